The Kier molecular flexibility index (Phi) is 3.92. The molecule has 2 rings (SSSR count). The molecule has 0 radical (unpaired) electrons. The van der Waals surface area contributed by atoms with Crippen LogP contribution in [0.5, 0.6) is 5.75 Å². The van der Waals surface area contributed by atoms with Gasteiger partial charge in [0, 0.05) is 12.4 Å². The summed E-state index contributed by atoms with van der Waals surface area (Å²) in [6.07, 6.45) is 3.68. The summed E-state index contributed by atoms with van der Waals surface area (Å²) in [4.78, 5) is 4.13. The quantitative estimate of drug-likeness (QED) is 0.849. The van der Waals surface area contributed by atoms with E-state index in [2.05, 4.69) is 4.98 Å². The zero-order valence-electron chi connectivity index (χ0n) is 9.36. The van der Waals surface area contributed by atoms with Crippen molar-refractivity contribution in [2.24, 2.45) is 0 Å². The normalized spacial score (nSPS) is 10.5. The molecule has 5 heteroatoms. The predicted molar refractivity (Wildman–Crippen MR) is 68.9 cm³/mol. The number of nitrogens with zero attached hydrogens (tertiary/aromatic N) is 2. The maximum absolute atomic E-state index is 6.01. The second-order valence-electron chi connectivity index (χ2n) is 3.57. The molecule has 0 aliphatic carbocycles. The molecule has 0 saturated heterocycles. The molecule has 0 amide bonds. The van der Waals surface area contributed by atoms with Gasteiger partial charge in [-0.1, -0.05) is 29.3 Å². The Hall–Kier alpha value is -1.19. The van der Waals surface area contributed by atoms with E-state index < -0.39 is 0 Å². The van der Waals surface area contributed by atoms with Gasteiger partial charge in [-0.2, -0.15) is 0 Å². The lowest BCUT2D eigenvalue weighted by Gasteiger charge is -2.09. The van der Waals surface area contributed by atoms with Crippen molar-refractivity contribution < 1.29 is 4.74 Å². The van der Waals surface area contributed by atoms with E-state index in [1.165, 1.54) is 0 Å². The van der Waals surface area contributed by atoms with Crippen LogP contribution in [-0.4, -0.2) is 16.2 Å². The number of benzene rings is 1. The van der Waals surface area contributed by atoms with Crippen molar-refractivity contribution in [1.82, 2.24) is 9.55 Å². The first-order valence-corrected chi connectivity index (χ1v) is 5.98. The Balaban J connectivity index is 1.95. The highest BCUT2D eigenvalue weighted by Gasteiger charge is 2.05. The number of aromatic nitrogens is 2. The minimum atomic E-state index is 0.455. The van der Waals surface area contributed by atoms with Gasteiger partial charge in [0.15, 0.2) is 0 Å². The summed E-state index contributed by atoms with van der Waals surface area (Å²) in [5, 5.41) is 0.958. The van der Waals surface area contributed by atoms with E-state index in [0.29, 0.717) is 22.4 Å². The molecular formula is C12H12Cl2N2O. The minimum absolute atomic E-state index is 0.455. The van der Waals surface area contributed by atoms with E-state index >= 15 is 0 Å². The Morgan fingerprint density at radius 3 is 2.88 bits per heavy atom. The zero-order chi connectivity index (χ0) is 12.3. The molecule has 0 N–H and O–H groups in total. The number of hydrogen-bond donors (Lipinski definition) is 0. The largest absolute Gasteiger partial charge is 0.490 e. The summed E-state index contributed by atoms with van der Waals surface area (Å²) < 4.78 is 7.59. The first-order chi connectivity index (χ1) is 8.18. The van der Waals surface area contributed by atoms with E-state index in [-0.39, 0.29) is 0 Å². The van der Waals surface area contributed by atoms with Gasteiger partial charge in [0.1, 0.15) is 23.2 Å². The highest BCUT2D eigenvalue weighted by molar-refractivity contribution is 6.42. The Morgan fingerprint density at radius 2 is 2.18 bits per heavy atom. The van der Waals surface area contributed by atoms with Crippen molar-refractivity contribution in [1.29, 1.82) is 0 Å². The molecule has 17 heavy (non-hydrogen) atoms. The second-order valence-corrected chi connectivity index (χ2v) is 4.35. The van der Waals surface area contributed by atoms with Crippen molar-refractivity contribution in [2.75, 3.05) is 6.61 Å². The molecule has 90 valence electrons. The monoisotopic (exact) mass is 270 g/mol. The molecule has 2 aromatic rings. The number of aryl methyl sites for hydroxylation is 1. The first kappa shape index (κ1) is 12.3. The fourth-order valence-electron chi connectivity index (χ4n) is 1.49. The standard InChI is InChI=1S/C12H12Cl2N2O/c1-9-15-5-6-16(9)7-8-17-11-4-2-3-10(13)12(11)14/h2-6H,7-8H2,1H3. The van der Waals surface area contributed by atoms with Gasteiger partial charge in [-0.15, -0.1) is 0 Å². The van der Waals surface area contributed by atoms with Crippen LogP contribution in [0.15, 0.2) is 30.6 Å². The molecule has 0 bridgehead atoms. The van der Waals surface area contributed by atoms with Crippen molar-refractivity contribution in [3.63, 3.8) is 0 Å². The number of halogens is 2. The maximum Gasteiger partial charge on any atom is 0.139 e. The van der Waals surface area contributed by atoms with Gasteiger partial charge in [0.05, 0.1) is 11.6 Å². The number of ether oxygens (including phenoxy) is 1. The van der Waals surface area contributed by atoms with Crippen LogP contribution in [0.3, 0.4) is 0 Å². The van der Waals surface area contributed by atoms with Crippen molar-refractivity contribution in [2.45, 2.75) is 13.5 Å². The third kappa shape index (κ3) is 2.93. The highest BCUT2D eigenvalue weighted by atomic mass is 35.5. The third-order valence-corrected chi connectivity index (χ3v) is 3.23. The van der Waals surface area contributed by atoms with Gasteiger partial charge < -0.3 is 9.30 Å². The lowest BCUT2D eigenvalue weighted by Crippen LogP contribution is -2.08. The average molecular weight is 271 g/mol. The van der Waals surface area contributed by atoms with Crippen LogP contribution >= 0.6 is 23.2 Å². The summed E-state index contributed by atoms with van der Waals surface area (Å²) in [7, 11) is 0. The lowest BCUT2D eigenvalue weighted by molar-refractivity contribution is 0.297. The fraction of sp³-hybridized carbons (Fsp3) is 0.250. The van der Waals surface area contributed by atoms with Crippen LogP contribution < -0.4 is 4.74 Å². The van der Waals surface area contributed by atoms with Gasteiger partial charge in [0.25, 0.3) is 0 Å². The molecule has 1 aromatic carbocycles. The van der Waals surface area contributed by atoms with Gasteiger partial charge in [0.2, 0.25) is 0 Å². The highest BCUT2D eigenvalue weighted by Crippen LogP contribution is 2.31. The topological polar surface area (TPSA) is 27.1 Å². The minimum Gasteiger partial charge on any atom is -0.490 e. The van der Waals surface area contributed by atoms with E-state index in [1.807, 2.05) is 23.8 Å². The third-order valence-electron chi connectivity index (χ3n) is 2.43. The smallest absolute Gasteiger partial charge is 0.139 e. The molecule has 0 atom stereocenters. The predicted octanol–water partition coefficient (Wildman–Crippen LogP) is 3.58. The van der Waals surface area contributed by atoms with Crippen LogP contribution in [0.25, 0.3) is 0 Å². The Labute approximate surface area is 110 Å². The summed E-state index contributed by atoms with van der Waals surface area (Å²) in [6, 6.07) is 5.34. The van der Waals surface area contributed by atoms with Crippen LogP contribution in [0.4, 0.5) is 0 Å². The van der Waals surface area contributed by atoms with Gasteiger partial charge >= 0.3 is 0 Å². The summed E-state index contributed by atoms with van der Waals surface area (Å²) >= 11 is 11.9. The van der Waals surface area contributed by atoms with E-state index in [1.54, 1.807) is 18.3 Å². The molecule has 3 nitrogen and oxygen atoms in total. The SMILES string of the molecule is Cc1nccn1CCOc1cccc(Cl)c1Cl. The fourth-order valence-corrected chi connectivity index (χ4v) is 1.84. The molecule has 1 heterocycles. The van der Waals surface area contributed by atoms with Crippen molar-refractivity contribution in [3.05, 3.63) is 46.5 Å². The zero-order valence-corrected chi connectivity index (χ0v) is 10.9. The lowest BCUT2D eigenvalue weighted by atomic mass is 10.3. The molecular weight excluding hydrogens is 259 g/mol. The molecule has 1 aromatic heterocycles. The van der Waals surface area contributed by atoms with Crippen LogP contribution in [0, 0.1) is 6.92 Å². The maximum atomic E-state index is 6.01. The second kappa shape index (κ2) is 5.43. The van der Waals surface area contributed by atoms with E-state index in [9.17, 15) is 0 Å². The molecule has 0 saturated carbocycles. The van der Waals surface area contributed by atoms with Gasteiger partial charge in [-0.3, -0.25) is 0 Å². The summed E-state index contributed by atoms with van der Waals surface area (Å²) in [5.41, 5.74) is 0. The molecule has 0 unspecified atom stereocenters. The number of hydrogen-bond acceptors (Lipinski definition) is 2. The van der Waals surface area contributed by atoms with Crippen LogP contribution in [0.2, 0.25) is 10.0 Å². The van der Waals surface area contributed by atoms with Crippen LogP contribution in [0.1, 0.15) is 5.82 Å². The van der Waals surface area contributed by atoms with Crippen molar-refractivity contribution in [3.8, 4) is 5.75 Å². The Bertz CT molecular complexity index is 511. The van der Waals surface area contributed by atoms with E-state index in [0.717, 1.165) is 12.4 Å². The average Bonchev–Trinajstić information content (AvgIpc) is 2.71. The van der Waals surface area contributed by atoms with Gasteiger partial charge in [-0.05, 0) is 19.1 Å². The number of rotatable bonds is 4. The molecule has 0 aliphatic heterocycles. The van der Waals surface area contributed by atoms with Gasteiger partial charge in [-0.25, -0.2) is 4.98 Å². The summed E-state index contributed by atoms with van der Waals surface area (Å²) in [5.74, 6) is 1.57. The molecule has 0 fully saturated rings. The Morgan fingerprint density at radius 1 is 1.35 bits per heavy atom. The van der Waals surface area contributed by atoms with Crippen molar-refractivity contribution >= 4 is 23.2 Å². The molecule has 0 spiro atoms. The number of imidazole rings is 1. The first-order valence-electron chi connectivity index (χ1n) is 5.23. The van der Waals surface area contributed by atoms with Crippen LogP contribution in [-0.2, 0) is 6.54 Å². The summed E-state index contributed by atoms with van der Waals surface area (Å²) in [6.45, 7) is 3.21. The van der Waals surface area contributed by atoms with E-state index in [4.69, 9.17) is 27.9 Å². The molecule has 0 aliphatic rings.